The van der Waals surface area contributed by atoms with E-state index in [1.165, 1.54) is 6.20 Å². The zero-order valence-electron chi connectivity index (χ0n) is 20.3. The highest BCUT2D eigenvalue weighted by atomic mass is 16.3. The number of aromatic nitrogens is 1. The summed E-state index contributed by atoms with van der Waals surface area (Å²) in [7, 11) is 0. The Morgan fingerprint density at radius 3 is 2.60 bits per heavy atom. The van der Waals surface area contributed by atoms with E-state index in [0.29, 0.717) is 41.8 Å². The SMILES string of the molecule is C=C(/C=C\C(=C/N)c1cc(C(=O)NC[C@H]2CC[C@H](CN)CC2)c2ccccc2n1)N1CC[C@@H](O)C1. The molecule has 0 unspecified atom stereocenters. The first-order valence-corrected chi connectivity index (χ1v) is 12.6. The first-order chi connectivity index (χ1) is 17.0. The lowest BCUT2D eigenvalue weighted by atomic mass is 9.82. The highest BCUT2D eigenvalue weighted by Gasteiger charge is 2.22. The van der Waals surface area contributed by atoms with Crippen molar-refractivity contribution in [3.63, 3.8) is 0 Å². The topological polar surface area (TPSA) is 118 Å². The number of amides is 1. The molecule has 7 heteroatoms. The lowest BCUT2D eigenvalue weighted by Crippen LogP contribution is -2.32. The summed E-state index contributed by atoms with van der Waals surface area (Å²) in [4.78, 5) is 20.1. The van der Waals surface area contributed by atoms with Crippen molar-refractivity contribution < 1.29 is 9.90 Å². The Labute approximate surface area is 207 Å². The van der Waals surface area contributed by atoms with E-state index in [0.717, 1.165) is 61.8 Å². The third kappa shape index (κ3) is 6.10. The van der Waals surface area contributed by atoms with Gasteiger partial charge in [-0.3, -0.25) is 4.79 Å². The van der Waals surface area contributed by atoms with Crippen LogP contribution in [-0.4, -0.2) is 53.2 Å². The quantitative estimate of drug-likeness (QED) is 0.436. The molecule has 1 saturated heterocycles. The molecule has 0 bridgehead atoms. The standard InChI is InChI=1S/C28H37N5O2/c1-19(33-13-12-23(34)18-33)6-11-22(16-30)27-14-25(24-4-2-3-5-26(24)32-27)28(35)31-17-21-9-7-20(15-29)8-10-21/h2-6,11,14,16,20-21,23,34H,1,7-10,12-13,15,17-18,29-30H2,(H,31,35)/b11-6-,22-16+/t20-,21-,23-/m1/s1. The molecule has 1 atom stereocenters. The number of fused-ring (bicyclic) bond motifs is 1. The molecular weight excluding hydrogens is 438 g/mol. The van der Waals surface area contributed by atoms with Crippen LogP contribution in [0.1, 0.15) is 48.2 Å². The highest BCUT2D eigenvalue weighted by molar-refractivity contribution is 6.07. The van der Waals surface area contributed by atoms with Crippen molar-refractivity contribution in [3.05, 3.63) is 72.2 Å². The summed E-state index contributed by atoms with van der Waals surface area (Å²) in [5.74, 6) is 1.02. The monoisotopic (exact) mass is 475 g/mol. The molecule has 1 saturated carbocycles. The third-order valence-electron chi connectivity index (χ3n) is 7.31. The van der Waals surface area contributed by atoms with E-state index < -0.39 is 0 Å². The van der Waals surface area contributed by atoms with Crippen LogP contribution >= 0.6 is 0 Å². The summed E-state index contributed by atoms with van der Waals surface area (Å²) in [6, 6.07) is 9.48. The molecule has 1 aliphatic carbocycles. The summed E-state index contributed by atoms with van der Waals surface area (Å²) in [6.45, 7) is 6.89. The molecule has 1 amide bonds. The second-order valence-corrected chi connectivity index (χ2v) is 9.74. The Bertz CT molecular complexity index is 1120. The number of β-amino-alcohol motifs (C(OH)–C–C–N with tert-alkyl or cyclic N) is 1. The van der Waals surface area contributed by atoms with Gasteiger partial charge in [0.05, 0.1) is 22.9 Å². The number of aliphatic hydroxyl groups excluding tert-OH is 1. The summed E-state index contributed by atoms with van der Waals surface area (Å²) in [5, 5.41) is 13.8. The number of carbonyl (C=O) groups is 1. The van der Waals surface area contributed by atoms with Gasteiger partial charge in [0.1, 0.15) is 0 Å². The number of benzene rings is 1. The Morgan fingerprint density at radius 2 is 1.91 bits per heavy atom. The van der Waals surface area contributed by atoms with E-state index in [-0.39, 0.29) is 12.0 Å². The molecule has 1 aliphatic heterocycles. The van der Waals surface area contributed by atoms with Gasteiger partial charge in [-0.1, -0.05) is 24.8 Å². The van der Waals surface area contributed by atoms with Crippen molar-refractivity contribution in [1.29, 1.82) is 0 Å². The second kappa shape index (κ2) is 11.5. The van der Waals surface area contributed by atoms with Gasteiger partial charge in [0.15, 0.2) is 0 Å². The van der Waals surface area contributed by atoms with Crippen LogP contribution in [0.2, 0.25) is 0 Å². The van der Waals surface area contributed by atoms with Gasteiger partial charge in [0.25, 0.3) is 5.91 Å². The molecule has 0 radical (unpaired) electrons. The molecule has 7 nitrogen and oxygen atoms in total. The summed E-state index contributed by atoms with van der Waals surface area (Å²) in [5.41, 5.74) is 15.3. The number of carbonyl (C=O) groups excluding carboxylic acids is 1. The zero-order valence-corrected chi connectivity index (χ0v) is 20.3. The Hall–Kier alpha value is -3.16. The number of hydrogen-bond acceptors (Lipinski definition) is 6. The predicted molar refractivity (Wildman–Crippen MR) is 141 cm³/mol. The van der Waals surface area contributed by atoms with Crippen molar-refractivity contribution in [2.45, 2.75) is 38.2 Å². The van der Waals surface area contributed by atoms with Gasteiger partial charge in [0.2, 0.25) is 0 Å². The highest BCUT2D eigenvalue weighted by Crippen LogP contribution is 2.28. The van der Waals surface area contributed by atoms with Crippen molar-refractivity contribution in [1.82, 2.24) is 15.2 Å². The molecule has 4 rings (SSSR count). The average Bonchev–Trinajstić information content (AvgIpc) is 3.33. The van der Waals surface area contributed by atoms with Crippen LogP contribution in [0.5, 0.6) is 0 Å². The van der Waals surface area contributed by atoms with E-state index in [4.69, 9.17) is 16.5 Å². The lowest BCUT2D eigenvalue weighted by molar-refractivity contribution is 0.0943. The number of nitrogens with one attached hydrogen (secondary N) is 1. The minimum atomic E-state index is -0.316. The first kappa shape index (κ1) is 24.9. The molecule has 1 aromatic carbocycles. The number of nitrogens with two attached hydrogens (primary N) is 2. The van der Waals surface area contributed by atoms with E-state index in [1.54, 1.807) is 0 Å². The van der Waals surface area contributed by atoms with Gasteiger partial charge in [-0.25, -0.2) is 4.98 Å². The van der Waals surface area contributed by atoms with Crippen LogP contribution in [0.4, 0.5) is 0 Å². The molecular formula is C28H37N5O2. The van der Waals surface area contributed by atoms with E-state index in [9.17, 15) is 9.90 Å². The smallest absolute Gasteiger partial charge is 0.252 e. The number of hydrogen-bond donors (Lipinski definition) is 4. The largest absolute Gasteiger partial charge is 0.404 e. The molecule has 1 aromatic heterocycles. The summed E-state index contributed by atoms with van der Waals surface area (Å²) in [6.07, 6.45) is 10.1. The molecule has 35 heavy (non-hydrogen) atoms. The average molecular weight is 476 g/mol. The predicted octanol–water partition coefficient (Wildman–Crippen LogP) is 3.17. The lowest BCUT2D eigenvalue weighted by Gasteiger charge is -2.27. The summed E-state index contributed by atoms with van der Waals surface area (Å²) >= 11 is 0. The molecule has 2 aromatic rings. The van der Waals surface area contributed by atoms with Crippen LogP contribution in [0.3, 0.4) is 0 Å². The Balaban J connectivity index is 1.51. The van der Waals surface area contributed by atoms with E-state index in [2.05, 4.69) is 11.9 Å². The van der Waals surface area contributed by atoms with E-state index >= 15 is 0 Å². The molecule has 2 heterocycles. The normalized spacial score (nSPS) is 23.2. The van der Waals surface area contributed by atoms with Gasteiger partial charge in [-0.2, -0.15) is 0 Å². The number of rotatable bonds is 8. The zero-order chi connectivity index (χ0) is 24.8. The first-order valence-electron chi connectivity index (χ1n) is 12.6. The molecule has 186 valence electrons. The number of pyridine rings is 1. The fourth-order valence-electron chi connectivity index (χ4n) is 5.04. The maximum absolute atomic E-state index is 13.3. The van der Waals surface area contributed by atoms with Crippen LogP contribution < -0.4 is 16.8 Å². The fraction of sp³-hybridized carbons (Fsp3) is 0.429. The minimum absolute atomic E-state index is 0.0957. The van der Waals surface area contributed by atoms with Crippen molar-refractivity contribution in [2.75, 3.05) is 26.2 Å². The second-order valence-electron chi connectivity index (χ2n) is 9.74. The molecule has 0 spiro atoms. The van der Waals surface area contributed by atoms with Crippen molar-refractivity contribution in [2.24, 2.45) is 23.3 Å². The van der Waals surface area contributed by atoms with Crippen LogP contribution in [0, 0.1) is 11.8 Å². The number of likely N-dealkylation sites (tertiary alicyclic amines) is 1. The molecule has 2 aliphatic rings. The summed E-state index contributed by atoms with van der Waals surface area (Å²) < 4.78 is 0. The van der Waals surface area contributed by atoms with Crippen LogP contribution in [0.15, 0.2) is 61.0 Å². The van der Waals surface area contributed by atoms with Crippen molar-refractivity contribution in [3.8, 4) is 0 Å². The number of aliphatic hydroxyl groups is 1. The number of nitrogens with zero attached hydrogens (tertiary/aromatic N) is 2. The number of allylic oxidation sites excluding steroid dienone is 3. The number of para-hydroxylation sites is 1. The van der Waals surface area contributed by atoms with Crippen LogP contribution in [0.25, 0.3) is 16.5 Å². The van der Waals surface area contributed by atoms with Gasteiger partial charge >= 0.3 is 0 Å². The Morgan fingerprint density at radius 1 is 1.17 bits per heavy atom. The molecule has 2 fully saturated rings. The van der Waals surface area contributed by atoms with Gasteiger partial charge in [-0.15, -0.1) is 0 Å². The van der Waals surface area contributed by atoms with Crippen LogP contribution in [-0.2, 0) is 0 Å². The van der Waals surface area contributed by atoms with Gasteiger partial charge in [-0.05, 0) is 74.8 Å². The van der Waals surface area contributed by atoms with Gasteiger partial charge in [0, 0.05) is 42.5 Å². The fourth-order valence-corrected chi connectivity index (χ4v) is 5.04. The molecule has 6 N–H and O–H groups in total. The third-order valence-corrected chi connectivity index (χ3v) is 7.31. The van der Waals surface area contributed by atoms with E-state index in [1.807, 2.05) is 47.4 Å². The maximum atomic E-state index is 13.3. The maximum Gasteiger partial charge on any atom is 0.252 e. The van der Waals surface area contributed by atoms with Gasteiger partial charge < -0.3 is 26.8 Å². The van der Waals surface area contributed by atoms with Crippen molar-refractivity contribution >= 4 is 22.4 Å². The Kier molecular flexibility index (Phi) is 8.21. The minimum Gasteiger partial charge on any atom is -0.404 e.